The van der Waals surface area contributed by atoms with Gasteiger partial charge in [0.15, 0.2) is 0 Å². The van der Waals surface area contributed by atoms with Gasteiger partial charge in [-0.15, -0.1) is 0 Å². The van der Waals surface area contributed by atoms with Gasteiger partial charge in [-0.1, -0.05) is 0 Å². The highest BCUT2D eigenvalue weighted by molar-refractivity contribution is 6.60. The number of hydrogen-bond acceptors (Lipinski definition) is 5. The summed E-state index contributed by atoms with van der Waals surface area (Å²) in [5, 5.41) is 2.67. The van der Waals surface area contributed by atoms with E-state index in [1.165, 1.54) is 4.90 Å². The lowest BCUT2D eigenvalue weighted by Gasteiger charge is -2.28. The number of imide groups is 1. The van der Waals surface area contributed by atoms with Crippen LogP contribution in [0, 0.1) is 0 Å². The van der Waals surface area contributed by atoms with Crippen molar-refractivity contribution in [2.45, 2.75) is 52.6 Å². The molecule has 0 saturated carbocycles. The second kappa shape index (κ2) is 8.05. The van der Waals surface area contributed by atoms with E-state index in [4.69, 9.17) is 13.3 Å². The van der Waals surface area contributed by atoms with Crippen molar-refractivity contribution in [3.8, 4) is 0 Å². The highest BCUT2D eigenvalue weighted by Gasteiger charge is 2.45. The molecule has 22 heavy (non-hydrogen) atoms. The van der Waals surface area contributed by atoms with Crippen molar-refractivity contribution in [2.24, 2.45) is 0 Å². The Morgan fingerprint density at radius 1 is 1.05 bits per heavy atom. The van der Waals surface area contributed by atoms with E-state index in [0.717, 1.165) is 0 Å². The Bertz CT molecular complexity index is 386. The Hall–Kier alpha value is -0.963. The molecular formula is C14H28N2O5Si. The van der Waals surface area contributed by atoms with Crippen LogP contribution in [0.1, 0.15) is 41.0 Å². The first-order valence-electron chi connectivity index (χ1n) is 7.87. The minimum Gasteiger partial charge on any atom is -0.374 e. The molecule has 0 bridgehead atoms. The maximum absolute atomic E-state index is 12.1. The molecule has 0 atom stereocenters. The van der Waals surface area contributed by atoms with Gasteiger partial charge in [-0.05, 0) is 41.0 Å². The smallest absolute Gasteiger partial charge is 0.374 e. The SMILES string of the molecule is CCO[Si](CCCN1C(=O)NC(C)(C)C1=O)(OCC)OCC. The highest BCUT2D eigenvalue weighted by atomic mass is 28.4. The van der Waals surface area contributed by atoms with Crippen LogP contribution in [0.3, 0.4) is 0 Å². The lowest BCUT2D eigenvalue weighted by atomic mass is 10.1. The third kappa shape index (κ3) is 4.51. The zero-order valence-corrected chi connectivity index (χ0v) is 15.2. The maximum Gasteiger partial charge on any atom is 0.500 e. The van der Waals surface area contributed by atoms with E-state index in [1.54, 1.807) is 13.8 Å². The third-order valence-electron chi connectivity index (χ3n) is 3.40. The van der Waals surface area contributed by atoms with Crippen LogP contribution >= 0.6 is 0 Å². The number of nitrogens with zero attached hydrogens (tertiary/aromatic N) is 1. The second-order valence-electron chi connectivity index (χ2n) is 5.60. The van der Waals surface area contributed by atoms with Crippen LogP contribution in [0.5, 0.6) is 0 Å². The number of rotatable bonds is 10. The molecule has 0 aromatic rings. The molecule has 7 nitrogen and oxygen atoms in total. The van der Waals surface area contributed by atoms with Crippen LogP contribution in [0.2, 0.25) is 6.04 Å². The Kier molecular flexibility index (Phi) is 6.98. The average Bonchev–Trinajstić information content (AvgIpc) is 2.61. The summed E-state index contributed by atoms with van der Waals surface area (Å²) >= 11 is 0. The molecule has 128 valence electrons. The van der Waals surface area contributed by atoms with E-state index in [9.17, 15) is 9.59 Å². The predicted molar refractivity (Wildman–Crippen MR) is 84.4 cm³/mol. The van der Waals surface area contributed by atoms with Crippen LogP contribution in [-0.4, -0.2) is 57.5 Å². The average molecular weight is 332 g/mol. The van der Waals surface area contributed by atoms with Gasteiger partial charge >= 0.3 is 14.8 Å². The van der Waals surface area contributed by atoms with Gasteiger partial charge in [0, 0.05) is 32.4 Å². The van der Waals surface area contributed by atoms with Crippen LogP contribution < -0.4 is 5.32 Å². The molecule has 1 N–H and O–H groups in total. The van der Waals surface area contributed by atoms with E-state index in [1.807, 2.05) is 20.8 Å². The summed E-state index contributed by atoms with van der Waals surface area (Å²) in [4.78, 5) is 25.2. The zero-order chi connectivity index (χ0) is 16.8. The topological polar surface area (TPSA) is 77.1 Å². The third-order valence-corrected chi connectivity index (χ3v) is 6.55. The number of amides is 3. The van der Waals surface area contributed by atoms with E-state index in [2.05, 4.69) is 5.32 Å². The Labute approximate surface area is 133 Å². The summed E-state index contributed by atoms with van der Waals surface area (Å²) in [5.74, 6) is -0.200. The molecule has 0 aromatic carbocycles. The van der Waals surface area contributed by atoms with Crippen molar-refractivity contribution in [1.29, 1.82) is 0 Å². The van der Waals surface area contributed by atoms with Gasteiger partial charge in [0.25, 0.3) is 5.91 Å². The zero-order valence-electron chi connectivity index (χ0n) is 14.2. The quantitative estimate of drug-likeness (QED) is 0.487. The predicted octanol–water partition coefficient (Wildman–Crippen LogP) is 1.76. The number of urea groups is 1. The van der Waals surface area contributed by atoms with Crippen LogP contribution in [0.25, 0.3) is 0 Å². The Balaban J connectivity index is 2.62. The monoisotopic (exact) mass is 332 g/mol. The molecule has 0 unspecified atom stereocenters. The summed E-state index contributed by atoms with van der Waals surface area (Å²) in [5.41, 5.74) is -0.828. The van der Waals surface area contributed by atoms with Crippen LogP contribution in [0.15, 0.2) is 0 Å². The van der Waals surface area contributed by atoms with Gasteiger partial charge in [-0.3, -0.25) is 9.69 Å². The van der Waals surface area contributed by atoms with Gasteiger partial charge in [0.1, 0.15) is 5.54 Å². The first kappa shape index (κ1) is 19.1. The number of hydrogen-bond donors (Lipinski definition) is 1. The van der Waals surface area contributed by atoms with Crippen LogP contribution in [0.4, 0.5) is 4.79 Å². The fourth-order valence-corrected chi connectivity index (χ4v) is 5.07. The molecule has 0 radical (unpaired) electrons. The summed E-state index contributed by atoms with van der Waals surface area (Å²) in [7, 11) is -2.72. The van der Waals surface area contributed by atoms with E-state index >= 15 is 0 Å². The van der Waals surface area contributed by atoms with Crippen molar-refractivity contribution in [2.75, 3.05) is 26.4 Å². The van der Waals surface area contributed by atoms with Gasteiger partial charge in [0.2, 0.25) is 0 Å². The maximum atomic E-state index is 12.1. The fourth-order valence-electron chi connectivity index (χ4n) is 2.48. The Morgan fingerprint density at radius 2 is 1.55 bits per heavy atom. The van der Waals surface area contributed by atoms with E-state index in [-0.39, 0.29) is 11.9 Å². The van der Waals surface area contributed by atoms with Gasteiger partial charge < -0.3 is 18.6 Å². The van der Waals surface area contributed by atoms with Gasteiger partial charge in [0.05, 0.1) is 0 Å². The molecule has 8 heteroatoms. The molecule has 1 aliphatic rings. The van der Waals surface area contributed by atoms with Gasteiger partial charge in [-0.2, -0.15) is 0 Å². The standard InChI is InChI=1S/C14H28N2O5Si/c1-6-19-22(20-7-2,21-8-3)11-9-10-16-12(17)14(4,5)15-13(16)18/h6-11H2,1-5H3,(H,15,18). The summed E-state index contributed by atoms with van der Waals surface area (Å²) in [6.45, 7) is 11.0. The minimum absolute atomic E-state index is 0.200. The van der Waals surface area contributed by atoms with Crippen molar-refractivity contribution < 1.29 is 22.9 Å². The first-order chi connectivity index (χ1) is 10.3. The summed E-state index contributed by atoms with van der Waals surface area (Å²) in [6, 6.07) is 0.242. The number of nitrogens with one attached hydrogen (secondary N) is 1. The lowest BCUT2D eigenvalue weighted by Crippen LogP contribution is -2.46. The molecule has 1 saturated heterocycles. The molecule has 3 amide bonds. The summed E-state index contributed by atoms with van der Waals surface area (Å²) < 4.78 is 17.3. The molecule has 1 heterocycles. The van der Waals surface area contributed by atoms with E-state index < -0.39 is 14.3 Å². The molecular weight excluding hydrogens is 304 g/mol. The summed E-state index contributed by atoms with van der Waals surface area (Å²) in [6.07, 6.45) is 0.599. The number of carbonyl (C=O) groups is 2. The van der Waals surface area contributed by atoms with Crippen molar-refractivity contribution in [1.82, 2.24) is 10.2 Å². The lowest BCUT2D eigenvalue weighted by molar-refractivity contribution is -0.130. The van der Waals surface area contributed by atoms with E-state index in [0.29, 0.717) is 38.8 Å². The highest BCUT2D eigenvalue weighted by Crippen LogP contribution is 2.21. The number of carbonyl (C=O) groups excluding carboxylic acids is 2. The van der Waals surface area contributed by atoms with Crippen molar-refractivity contribution >= 4 is 20.7 Å². The Morgan fingerprint density at radius 3 is 1.91 bits per heavy atom. The molecule has 1 aliphatic heterocycles. The molecule has 1 fully saturated rings. The molecule has 0 spiro atoms. The second-order valence-corrected chi connectivity index (χ2v) is 8.33. The molecule has 0 aromatic heterocycles. The largest absolute Gasteiger partial charge is 0.500 e. The van der Waals surface area contributed by atoms with Crippen molar-refractivity contribution in [3.05, 3.63) is 0 Å². The van der Waals surface area contributed by atoms with Crippen LogP contribution in [-0.2, 0) is 18.1 Å². The van der Waals surface area contributed by atoms with Gasteiger partial charge in [-0.25, -0.2) is 4.79 Å². The molecule has 1 rings (SSSR count). The normalized spacial score (nSPS) is 18.0. The minimum atomic E-state index is -2.72. The van der Waals surface area contributed by atoms with Crippen molar-refractivity contribution in [3.63, 3.8) is 0 Å². The fraction of sp³-hybridized carbons (Fsp3) is 0.857. The first-order valence-corrected chi connectivity index (χ1v) is 9.81. The molecule has 0 aliphatic carbocycles.